The van der Waals surface area contributed by atoms with Gasteiger partial charge in [0.2, 0.25) is 0 Å². The molecule has 2 rings (SSSR count). The molecule has 1 N–H and O–H groups in total. The highest BCUT2D eigenvalue weighted by Gasteiger charge is 2.32. The Kier molecular flexibility index (Phi) is 10.2. The van der Waals surface area contributed by atoms with Crippen molar-refractivity contribution >= 4 is 30.5 Å². The highest BCUT2D eigenvalue weighted by atomic mass is 35.5. The molecule has 1 aliphatic rings. The van der Waals surface area contributed by atoms with E-state index >= 15 is 0 Å². The van der Waals surface area contributed by atoms with E-state index in [9.17, 15) is 23.3 Å². The number of benzene rings is 1. The lowest BCUT2D eigenvalue weighted by Gasteiger charge is -2.35. The molecular formula is C15H22Cl2F3N3O3. The number of hydrogen-bond acceptors (Lipinski definition) is 5. The van der Waals surface area contributed by atoms with E-state index < -0.39 is 23.6 Å². The van der Waals surface area contributed by atoms with Crippen molar-refractivity contribution in [1.82, 2.24) is 10.2 Å². The number of ether oxygens (including phenoxy) is 1. The van der Waals surface area contributed by atoms with E-state index in [1.54, 1.807) is 6.07 Å². The molecule has 11 heteroatoms. The Balaban J connectivity index is 0.00000312. The summed E-state index contributed by atoms with van der Waals surface area (Å²) < 4.78 is 43.0. The summed E-state index contributed by atoms with van der Waals surface area (Å²) >= 11 is 0. The first-order chi connectivity index (χ1) is 11.3. The molecule has 0 bridgehead atoms. The van der Waals surface area contributed by atoms with E-state index in [0.29, 0.717) is 31.7 Å². The third kappa shape index (κ3) is 6.79. The summed E-state index contributed by atoms with van der Waals surface area (Å²) in [6, 6.07) is 3.85. The van der Waals surface area contributed by atoms with Crippen LogP contribution >= 0.6 is 24.8 Å². The van der Waals surface area contributed by atoms with Crippen LogP contribution in [0.4, 0.5) is 18.9 Å². The maximum absolute atomic E-state index is 12.7. The van der Waals surface area contributed by atoms with Gasteiger partial charge < -0.3 is 10.1 Å². The quantitative estimate of drug-likeness (QED) is 0.561. The lowest BCUT2D eigenvalue weighted by molar-refractivity contribution is -0.385. The average molecular weight is 420 g/mol. The number of alkyl halides is 3. The summed E-state index contributed by atoms with van der Waals surface area (Å²) in [5, 5.41) is 14.3. The smallest absolute Gasteiger partial charge is 0.389 e. The van der Waals surface area contributed by atoms with Gasteiger partial charge in [-0.05, 0) is 18.1 Å². The van der Waals surface area contributed by atoms with Crippen LogP contribution in [0.5, 0.6) is 5.75 Å². The molecule has 26 heavy (non-hydrogen) atoms. The molecule has 1 saturated heterocycles. The molecule has 1 aromatic carbocycles. The second kappa shape index (κ2) is 10.8. The Morgan fingerprint density at radius 1 is 1.31 bits per heavy atom. The van der Waals surface area contributed by atoms with Gasteiger partial charge in [0.25, 0.3) is 0 Å². The minimum absolute atomic E-state index is 0. The van der Waals surface area contributed by atoms with E-state index in [0.717, 1.165) is 0 Å². The summed E-state index contributed by atoms with van der Waals surface area (Å²) in [5.41, 5.74) is 0.274. The largest absolute Gasteiger partial charge is 0.490 e. The fraction of sp³-hybridized carbons (Fsp3) is 0.600. The topological polar surface area (TPSA) is 67.6 Å². The number of nitro groups is 1. The molecule has 0 aliphatic carbocycles. The lowest BCUT2D eigenvalue weighted by Crippen LogP contribution is -2.45. The number of nitrogens with zero attached hydrogens (tertiary/aromatic N) is 2. The first kappa shape index (κ1) is 24.7. The summed E-state index contributed by atoms with van der Waals surface area (Å²) in [6.07, 6.45) is -5.32. The van der Waals surface area contributed by atoms with Crippen LogP contribution in [0.3, 0.4) is 0 Å². The van der Waals surface area contributed by atoms with Gasteiger partial charge in [-0.3, -0.25) is 15.0 Å². The van der Waals surface area contributed by atoms with Crippen molar-refractivity contribution < 1.29 is 22.8 Å². The predicted octanol–water partition coefficient (Wildman–Crippen LogP) is 3.74. The van der Waals surface area contributed by atoms with Crippen molar-refractivity contribution in [2.75, 3.05) is 33.3 Å². The number of hydrogen-bond donors (Lipinski definition) is 1. The number of nitrogens with one attached hydrogen (secondary N) is 1. The van der Waals surface area contributed by atoms with Crippen LogP contribution in [-0.4, -0.2) is 49.3 Å². The standard InChI is InChI=1S/C15H20F3N3O3.2ClH/c1-24-14-3-2-11(10-13(14)21(22)23)12(4-5-15(16,17)18)20-8-6-19-7-9-20;;/h2-3,10,12,19H,4-9H2,1H3;2*1H/t12-;;/m0../s1. The molecule has 1 aliphatic heterocycles. The van der Waals surface area contributed by atoms with Gasteiger partial charge in [0.15, 0.2) is 5.75 Å². The number of methoxy groups -OCH3 is 1. The van der Waals surface area contributed by atoms with Gasteiger partial charge in [-0.1, -0.05) is 6.07 Å². The summed E-state index contributed by atoms with van der Waals surface area (Å²) in [5.74, 6) is 0.0960. The highest BCUT2D eigenvalue weighted by Crippen LogP contribution is 2.36. The normalized spacial score (nSPS) is 16.2. The fourth-order valence-corrected chi connectivity index (χ4v) is 2.91. The molecule has 0 aromatic heterocycles. The van der Waals surface area contributed by atoms with E-state index in [1.807, 2.05) is 4.90 Å². The van der Waals surface area contributed by atoms with Crippen LogP contribution in [0.25, 0.3) is 0 Å². The first-order valence-electron chi connectivity index (χ1n) is 7.65. The van der Waals surface area contributed by atoms with Crippen molar-refractivity contribution in [3.8, 4) is 5.75 Å². The minimum atomic E-state index is -4.26. The predicted molar refractivity (Wildman–Crippen MR) is 96.6 cm³/mol. The van der Waals surface area contributed by atoms with Gasteiger partial charge in [0.1, 0.15) is 0 Å². The number of halogens is 5. The zero-order valence-electron chi connectivity index (χ0n) is 14.1. The van der Waals surface area contributed by atoms with Crippen LogP contribution in [0.2, 0.25) is 0 Å². The molecule has 0 saturated carbocycles. The molecular weight excluding hydrogens is 398 g/mol. The SMILES string of the molecule is COc1ccc([C@H](CCC(F)(F)F)N2CCNCC2)cc1[N+](=O)[O-].Cl.Cl. The van der Waals surface area contributed by atoms with E-state index in [-0.39, 0.29) is 42.7 Å². The van der Waals surface area contributed by atoms with Gasteiger partial charge >= 0.3 is 11.9 Å². The second-order valence-corrected chi connectivity index (χ2v) is 5.64. The summed E-state index contributed by atoms with van der Waals surface area (Å²) in [4.78, 5) is 12.5. The zero-order valence-corrected chi connectivity index (χ0v) is 15.8. The molecule has 0 radical (unpaired) electrons. The zero-order chi connectivity index (χ0) is 17.7. The third-order valence-electron chi connectivity index (χ3n) is 4.08. The van der Waals surface area contributed by atoms with Crippen LogP contribution in [0.1, 0.15) is 24.4 Å². The Labute approximate surface area is 162 Å². The molecule has 0 spiro atoms. The second-order valence-electron chi connectivity index (χ2n) is 5.64. The molecule has 6 nitrogen and oxygen atoms in total. The average Bonchev–Trinajstić information content (AvgIpc) is 2.54. The van der Waals surface area contributed by atoms with Crippen LogP contribution in [0.15, 0.2) is 18.2 Å². The molecule has 0 amide bonds. The van der Waals surface area contributed by atoms with Crippen molar-refractivity contribution in [2.45, 2.75) is 25.1 Å². The Morgan fingerprint density at radius 3 is 2.42 bits per heavy atom. The number of piperazine rings is 1. The summed E-state index contributed by atoms with van der Waals surface area (Å²) in [7, 11) is 1.32. The van der Waals surface area contributed by atoms with E-state index in [4.69, 9.17) is 4.74 Å². The minimum Gasteiger partial charge on any atom is -0.490 e. The van der Waals surface area contributed by atoms with Gasteiger partial charge in [-0.25, -0.2) is 0 Å². The molecule has 1 aromatic rings. The lowest BCUT2D eigenvalue weighted by atomic mass is 9.98. The maximum atomic E-state index is 12.7. The van der Waals surface area contributed by atoms with Crippen molar-refractivity contribution in [1.29, 1.82) is 0 Å². The number of nitro benzene ring substituents is 1. The van der Waals surface area contributed by atoms with Gasteiger partial charge in [-0.2, -0.15) is 13.2 Å². The first-order valence-corrected chi connectivity index (χ1v) is 7.65. The van der Waals surface area contributed by atoms with Crippen LogP contribution < -0.4 is 10.1 Å². The molecule has 1 fully saturated rings. The molecule has 1 atom stereocenters. The van der Waals surface area contributed by atoms with Crippen LogP contribution in [0, 0.1) is 10.1 Å². The Bertz CT molecular complexity index is 585. The van der Waals surface area contributed by atoms with Gasteiger partial charge in [0, 0.05) is 44.7 Å². The van der Waals surface area contributed by atoms with Gasteiger partial charge in [-0.15, -0.1) is 24.8 Å². The Morgan fingerprint density at radius 2 is 1.92 bits per heavy atom. The molecule has 0 unspecified atom stereocenters. The van der Waals surface area contributed by atoms with Crippen LogP contribution in [-0.2, 0) is 0 Å². The van der Waals surface area contributed by atoms with Crippen molar-refractivity contribution in [3.63, 3.8) is 0 Å². The maximum Gasteiger partial charge on any atom is 0.389 e. The number of rotatable bonds is 6. The Hall–Kier alpha value is -1.29. The molecule has 150 valence electrons. The van der Waals surface area contributed by atoms with E-state index in [1.165, 1.54) is 19.2 Å². The highest BCUT2D eigenvalue weighted by molar-refractivity contribution is 5.85. The third-order valence-corrected chi connectivity index (χ3v) is 4.08. The van der Waals surface area contributed by atoms with Crippen molar-refractivity contribution in [3.05, 3.63) is 33.9 Å². The summed E-state index contributed by atoms with van der Waals surface area (Å²) in [6.45, 7) is 2.56. The van der Waals surface area contributed by atoms with Crippen molar-refractivity contribution in [2.24, 2.45) is 0 Å². The fourth-order valence-electron chi connectivity index (χ4n) is 2.91. The molecule has 1 heterocycles. The van der Waals surface area contributed by atoms with Gasteiger partial charge in [0.05, 0.1) is 12.0 Å². The monoisotopic (exact) mass is 419 g/mol. The van der Waals surface area contributed by atoms with E-state index in [2.05, 4.69) is 5.32 Å².